The summed E-state index contributed by atoms with van der Waals surface area (Å²) in [6, 6.07) is 14.2. The topological polar surface area (TPSA) is 54.5 Å². The van der Waals surface area contributed by atoms with E-state index < -0.39 is 0 Å². The Balaban J connectivity index is 1.74. The van der Waals surface area contributed by atoms with Crippen LogP contribution in [-0.4, -0.2) is 31.1 Å². The van der Waals surface area contributed by atoms with E-state index in [1.54, 1.807) is 7.11 Å². The molecule has 1 heterocycles. The highest BCUT2D eigenvalue weighted by Gasteiger charge is 2.47. The molecule has 0 saturated heterocycles. The zero-order valence-electron chi connectivity index (χ0n) is 19.6. The Kier molecular flexibility index (Phi) is 6.35. The Labute approximate surface area is 190 Å². The highest BCUT2D eigenvalue weighted by atomic mass is 16.5. The first-order valence-corrected chi connectivity index (χ1v) is 11.6. The maximum Gasteiger partial charge on any atom is 0.252 e. The van der Waals surface area contributed by atoms with Gasteiger partial charge < -0.3 is 15.0 Å². The Morgan fingerprint density at radius 2 is 1.88 bits per heavy atom. The molecule has 0 radical (unpaired) electrons. The first-order valence-electron chi connectivity index (χ1n) is 11.6. The van der Waals surface area contributed by atoms with Gasteiger partial charge in [0.25, 0.3) is 5.91 Å². The summed E-state index contributed by atoms with van der Waals surface area (Å²) in [6.07, 6.45) is 5.88. The first kappa shape index (κ1) is 22.1. The molecule has 0 bridgehead atoms. The van der Waals surface area contributed by atoms with Gasteiger partial charge in [0.1, 0.15) is 5.75 Å². The van der Waals surface area contributed by atoms with Crippen LogP contribution in [0, 0.1) is 6.92 Å². The number of amides is 1. The van der Waals surface area contributed by atoms with Crippen LogP contribution in [-0.2, 0) is 5.54 Å². The van der Waals surface area contributed by atoms with Crippen molar-refractivity contribution in [1.29, 1.82) is 0 Å². The first-order chi connectivity index (χ1) is 15.5. The van der Waals surface area contributed by atoms with Crippen molar-refractivity contribution in [3.63, 3.8) is 0 Å². The van der Waals surface area contributed by atoms with Gasteiger partial charge in [0.05, 0.1) is 18.2 Å². The molecule has 0 unspecified atom stereocenters. The largest absolute Gasteiger partial charge is 0.497 e. The minimum Gasteiger partial charge on any atom is -0.497 e. The molecule has 1 N–H and O–H groups in total. The number of hydrogen-bond donors (Lipinski definition) is 1. The third-order valence-corrected chi connectivity index (χ3v) is 6.37. The van der Waals surface area contributed by atoms with Gasteiger partial charge in [-0.05, 0) is 74.1 Å². The molecule has 1 fully saturated rings. The van der Waals surface area contributed by atoms with Crippen LogP contribution in [0.15, 0.2) is 48.7 Å². The van der Waals surface area contributed by atoms with Crippen LogP contribution in [0.1, 0.15) is 61.0 Å². The van der Waals surface area contributed by atoms with Crippen molar-refractivity contribution >= 4 is 22.5 Å². The van der Waals surface area contributed by atoms with E-state index in [9.17, 15) is 4.79 Å². The van der Waals surface area contributed by atoms with Crippen molar-refractivity contribution in [2.75, 3.05) is 25.1 Å². The predicted octanol–water partition coefficient (Wildman–Crippen LogP) is 5.60. The van der Waals surface area contributed by atoms with Crippen molar-refractivity contribution in [2.45, 2.75) is 52.0 Å². The lowest BCUT2D eigenvalue weighted by Gasteiger charge is -2.27. The molecule has 1 aliphatic rings. The average Bonchev–Trinajstić information content (AvgIpc) is 3.58. The fraction of sp³-hybridized carbons (Fsp3) is 0.407. The number of rotatable bonds is 9. The molecule has 1 aromatic heterocycles. The number of ether oxygens (including phenoxy) is 1. The molecule has 168 valence electrons. The van der Waals surface area contributed by atoms with Gasteiger partial charge in [0.15, 0.2) is 0 Å². The summed E-state index contributed by atoms with van der Waals surface area (Å²) in [7, 11) is 1.62. The molecule has 5 heteroatoms. The molecule has 5 nitrogen and oxygen atoms in total. The Bertz CT molecular complexity index is 1120. The number of pyridine rings is 1. The third kappa shape index (κ3) is 4.29. The number of fused-ring (bicyclic) bond motifs is 1. The molecule has 1 amide bonds. The van der Waals surface area contributed by atoms with Crippen molar-refractivity contribution in [1.82, 2.24) is 10.3 Å². The number of carbonyl (C=O) groups is 1. The number of aromatic nitrogens is 1. The second-order valence-corrected chi connectivity index (χ2v) is 8.77. The number of anilines is 1. The zero-order valence-corrected chi connectivity index (χ0v) is 19.6. The van der Waals surface area contributed by atoms with Crippen LogP contribution in [0.2, 0.25) is 0 Å². The smallest absolute Gasteiger partial charge is 0.252 e. The van der Waals surface area contributed by atoms with Crippen LogP contribution >= 0.6 is 0 Å². The molecule has 4 rings (SSSR count). The van der Waals surface area contributed by atoms with Gasteiger partial charge in [-0.1, -0.05) is 26.0 Å². The maximum absolute atomic E-state index is 13.3. The van der Waals surface area contributed by atoms with Gasteiger partial charge in [-0.2, -0.15) is 0 Å². The molecular formula is C27H33N3O2. The molecular weight excluding hydrogens is 398 g/mol. The van der Waals surface area contributed by atoms with E-state index in [2.05, 4.69) is 47.2 Å². The minimum atomic E-state index is -0.353. The summed E-state index contributed by atoms with van der Waals surface area (Å²) in [5.74, 6) is 0.636. The number of hydrogen-bond acceptors (Lipinski definition) is 4. The van der Waals surface area contributed by atoms with Crippen LogP contribution < -0.4 is 15.0 Å². The Hall–Kier alpha value is -3.08. The van der Waals surface area contributed by atoms with Gasteiger partial charge in [-0.25, -0.2) is 0 Å². The molecule has 0 aliphatic heterocycles. The van der Waals surface area contributed by atoms with Crippen LogP contribution in [0.5, 0.6) is 5.75 Å². The van der Waals surface area contributed by atoms with E-state index in [0.29, 0.717) is 11.3 Å². The standard InChI is InChI=1S/C27H33N3O2/c1-5-14-30(15-6-2)20-16-24(22-8-7-13-28-25(22)17-20)27(11-12-27)29-26(31)23-18-21(32-4)10-9-19(23)3/h7-10,13,16-18H,5-6,11-12,14-15H2,1-4H3,(H,29,31). The van der Waals surface area contributed by atoms with Crippen LogP contribution in [0.25, 0.3) is 10.9 Å². The maximum atomic E-state index is 13.3. The summed E-state index contributed by atoms with van der Waals surface area (Å²) >= 11 is 0. The van der Waals surface area contributed by atoms with E-state index in [-0.39, 0.29) is 11.4 Å². The van der Waals surface area contributed by atoms with Gasteiger partial charge in [-0.15, -0.1) is 0 Å². The monoisotopic (exact) mass is 431 g/mol. The normalized spacial score (nSPS) is 14.2. The summed E-state index contributed by atoms with van der Waals surface area (Å²) < 4.78 is 5.34. The molecule has 1 aliphatic carbocycles. The van der Waals surface area contributed by atoms with Crippen LogP contribution in [0.4, 0.5) is 5.69 Å². The van der Waals surface area contributed by atoms with Crippen molar-refractivity contribution in [2.24, 2.45) is 0 Å². The highest BCUT2D eigenvalue weighted by molar-refractivity contribution is 5.97. The molecule has 32 heavy (non-hydrogen) atoms. The predicted molar refractivity (Wildman–Crippen MR) is 131 cm³/mol. The van der Waals surface area contributed by atoms with E-state index in [1.807, 2.05) is 37.4 Å². The van der Waals surface area contributed by atoms with E-state index in [0.717, 1.165) is 55.2 Å². The van der Waals surface area contributed by atoms with Gasteiger partial charge in [-0.3, -0.25) is 9.78 Å². The molecule has 1 saturated carbocycles. The van der Waals surface area contributed by atoms with Crippen molar-refractivity contribution in [3.8, 4) is 5.75 Å². The lowest BCUT2D eigenvalue weighted by Crippen LogP contribution is -2.35. The summed E-state index contributed by atoms with van der Waals surface area (Å²) in [4.78, 5) is 20.4. The molecule has 0 spiro atoms. The highest BCUT2D eigenvalue weighted by Crippen LogP contribution is 2.49. The van der Waals surface area contributed by atoms with Crippen molar-refractivity contribution in [3.05, 3.63) is 65.4 Å². The molecule has 0 atom stereocenters. The van der Waals surface area contributed by atoms with E-state index in [1.165, 1.54) is 11.3 Å². The fourth-order valence-electron chi connectivity index (χ4n) is 4.50. The number of aryl methyl sites for hydroxylation is 1. The number of benzene rings is 2. The van der Waals surface area contributed by atoms with Gasteiger partial charge in [0, 0.05) is 35.9 Å². The minimum absolute atomic E-state index is 0.0553. The quantitative estimate of drug-likeness (QED) is 0.479. The second kappa shape index (κ2) is 9.19. The Morgan fingerprint density at radius 1 is 1.12 bits per heavy atom. The van der Waals surface area contributed by atoms with Gasteiger partial charge in [0.2, 0.25) is 0 Å². The summed E-state index contributed by atoms with van der Waals surface area (Å²) in [5.41, 5.74) is 4.59. The third-order valence-electron chi connectivity index (χ3n) is 6.37. The lowest BCUT2D eigenvalue weighted by atomic mass is 9.97. The fourth-order valence-corrected chi connectivity index (χ4v) is 4.50. The number of methoxy groups -OCH3 is 1. The van der Waals surface area contributed by atoms with Crippen LogP contribution in [0.3, 0.4) is 0 Å². The SMILES string of the molecule is CCCN(CCC)c1cc(C2(NC(=O)c3cc(OC)ccc3C)CC2)c2cccnc2c1. The Morgan fingerprint density at radius 3 is 2.53 bits per heavy atom. The van der Waals surface area contributed by atoms with E-state index >= 15 is 0 Å². The second-order valence-electron chi connectivity index (χ2n) is 8.77. The van der Waals surface area contributed by atoms with E-state index in [4.69, 9.17) is 4.74 Å². The number of nitrogens with zero attached hydrogens (tertiary/aromatic N) is 2. The lowest BCUT2D eigenvalue weighted by molar-refractivity contribution is 0.0930. The van der Waals surface area contributed by atoms with Gasteiger partial charge >= 0.3 is 0 Å². The number of nitrogens with one attached hydrogen (secondary N) is 1. The number of carbonyl (C=O) groups excluding carboxylic acids is 1. The zero-order chi connectivity index (χ0) is 22.7. The summed E-state index contributed by atoms with van der Waals surface area (Å²) in [5, 5.41) is 4.49. The van der Waals surface area contributed by atoms with Crippen molar-refractivity contribution < 1.29 is 9.53 Å². The molecule has 3 aromatic rings. The molecule has 2 aromatic carbocycles. The average molecular weight is 432 g/mol. The summed E-state index contributed by atoms with van der Waals surface area (Å²) in [6.45, 7) is 8.40.